The molecular weight excluding hydrogens is 372 g/mol. The smallest absolute Gasteiger partial charge is 0.348 e. The van der Waals surface area contributed by atoms with Gasteiger partial charge in [-0.2, -0.15) is 0 Å². The molecule has 0 spiro atoms. The fourth-order valence-corrected chi connectivity index (χ4v) is 3.60. The van der Waals surface area contributed by atoms with Crippen molar-refractivity contribution in [1.82, 2.24) is 0 Å². The molecule has 0 fully saturated rings. The second kappa shape index (κ2) is 11.5. The second-order valence-electron chi connectivity index (χ2n) is 7.77. The lowest BCUT2D eigenvalue weighted by Gasteiger charge is -2.30. The minimum Gasteiger partial charge on any atom is -0.424 e. The molecule has 1 aliphatic carbocycles. The van der Waals surface area contributed by atoms with E-state index >= 15 is 0 Å². The first-order chi connectivity index (χ1) is 14.7. The van der Waals surface area contributed by atoms with E-state index in [0.717, 1.165) is 24.0 Å². The first-order valence-electron chi connectivity index (χ1n) is 11.1. The number of unbranched alkanes of at least 4 members (excludes halogenated alkanes) is 5. The Morgan fingerprint density at radius 3 is 2.23 bits per heavy atom. The fourth-order valence-electron chi connectivity index (χ4n) is 3.60. The van der Waals surface area contributed by atoms with Crippen LogP contribution in [0.5, 0.6) is 5.75 Å². The lowest BCUT2D eigenvalue weighted by molar-refractivity contribution is -0.156. The van der Waals surface area contributed by atoms with Gasteiger partial charge in [0.15, 0.2) is 5.60 Å². The van der Waals surface area contributed by atoms with Gasteiger partial charge in [0.1, 0.15) is 5.75 Å². The van der Waals surface area contributed by atoms with Gasteiger partial charge < -0.3 is 9.47 Å². The normalized spacial score (nSPS) is 18.1. The van der Waals surface area contributed by atoms with Crippen molar-refractivity contribution in [1.29, 1.82) is 0 Å². The molecule has 0 saturated carbocycles. The quantitative estimate of drug-likeness (QED) is 0.236. The average Bonchev–Trinajstić information content (AvgIpc) is 2.80. The summed E-state index contributed by atoms with van der Waals surface area (Å²) in [7, 11) is 0. The highest BCUT2D eigenvalue weighted by Gasteiger charge is 2.40. The van der Waals surface area contributed by atoms with Crippen molar-refractivity contribution >= 4 is 11.5 Å². The van der Waals surface area contributed by atoms with Gasteiger partial charge in [0.05, 0.1) is 0 Å². The highest BCUT2D eigenvalue weighted by molar-refractivity contribution is 5.88. The van der Waals surface area contributed by atoms with Gasteiger partial charge in [0, 0.05) is 13.0 Å². The minimum absolute atomic E-state index is 0.362. The van der Waals surface area contributed by atoms with Gasteiger partial charge >= 0.3 is 5.97 Å². The van der Waals surface area contributed by atoms with Crippen molar-refractivity contribution < 1.29 is 14.3 Å². The van der Waals surface area contributed by atoms with E-state index in [9.17, 15) is 4.79 Å². The molecule has 2 aromatic carbocycles. The van der Waals surface area contributed by atoms with Gasteiger partial charge in [-0.15, -0.1) is 0 Å². The summed E-state index contributed by atoms with van der Waals surface area (Å²) in [5.41, 5.74) is 1.16. The Balaban J connectivity index is 1.66. The Labute approximate surface area is 180 Å². The lowest BCUT2D eigenvalue weighted by atomic mass is 9.89. The predicted octanol–water partition coefficient (Wildman–Crippen LogP) is 6.75. The van der Waals surface area contributed by atoms with Crippen LogP contribution in [-0.4, -0.2) is 18.2 Å². The number of benzene rings is 2. The predicted molar refractivity (Wildman–Crippen MR) is 122 cm³/mol. The van der Waals surface area contributed by atoms with E-state index < -0.39 is 5.60 Å². The van der Waals surface area contributed by atoms with Crippen LogP contribution in [0.2, 0.25) is 0 Å². The van der Waals surface area contributed by atoms with Crippen LogP contribution in [0.1, 0.15) is 57.4 Å². The lowest BCUT2D eigenvalue weighted by Crippen LogP contribution is -2.43. The molecule has 0 radical (unpaired) electrons. The van der Waals surface area contributed by atoms with Crippen molar-refractivity contribution in [3.63, 3.8) is 0 Å². The number of carbonyl (C=O) groups excluding carboxylic acids is 1. The topological polar surface area (TPSA) is 35.5 Å². The van der Waals surface area contributed by atoms with Crippen LogP contribution in [0.25, 0.3) is 5.57 Å². The molecule has 0 bridgehead atoms. The summed E-state index contributed by atoms with van der Waals surface area (Å²) in [5, 5.41) is 0. The number of hydrogen-bond acceptors (Lipinski definition) is 3. The Morgan fingerprint density at radius 1 is 0.900 bits per heavy atom. The van der Waals surface area contributed by atoms with Crippen molar-refractivity contribution in [2.24, 2.45) is 0 Å². The zero-order chi connectivity index (χ0) is 21.1. The van der Waals surface area contributed by atoms with Crippen LogP contribution < -0.4 is 4.74 Å². The van der Waals surface area contributed by atoms with Gasteiger partial charge in [0.2, 0.25) is 0 Å². The van der Waals surface area contributed by atoms with Gasteiger partial charge in [-0.3, -0.25) is 0 Å². The fraction of sp³-hybridized carbons (Fsp3) is 0.370. The molecule has 3 heteroatoms. The van der Waals surface area contributed by atoms with Gasteiger partial charge in [-0.1, -0.05) is 99.7 Å². The molecule has 0 amide bonds. The van der Waals surface area contributed by atoms with E-state index in [0.29, 0.717) is 18.8 Å². The Morgan fingerprint density at radius 2 is 1.57 bits per heavy atom. The summed E-state index contributed by atoms with van der Waals surface area (Å²) in [6.45, 7) is 2.77. The van der Waals surface area contributed by atoms with Crippen molar-refractivity contribution in [3.8, 4) is 5.75 Å². The van der Waals surface area contributed by atoms with Gasteiger partial charge in [-0.25, -0.2) is 4.79 Å². The van der Waals surface area contributed by atoms with Crippen LogP contribution in [0.15, 0.2) is 78.9 Å². The molecule has 0 N–H and O–H groups in total. The molecule has 0 heterocycles. The largest absolute Gasteiger partial charge is 0.424 e. The zero-order valence-corrected chi connectivity index (χ0v) is 17.9. The monoisotopic (exact) mass is 404 g/mol. The Hall–Kier alpha value is -2.65. The van der Waals surface area contributed by atoms with Crippen LogP contribution in [-0.2, 0) is 9.53 Å². The Bertz CT molecular complexity index is 839. The third-order valence-corrected chi connectivity index (χ3v) is 5.42. The van der Waals surface area contributed by atoms with E-state index in [1.54, 1.807) is 12.1 Å². The first-order valence-corrected chi connectivity index (χ1v) is 11.1. The maximum atomic E-state index is 13.1. The molecule has 3 nitrogen and oxygen atoms in total. The van der Waals surface area contributed by atoms with E-state index in [4.69, 9.17) is 9.47 Å². The van der Waals surface area contributed by atoms with Crippen LogP contribution in [0.4, 0.5) is 0 Å². The number of para-hydroxylation sites is 1. The zero-order valence-electron chi connectivity index (χ0n) is 17.9. The van der Waals surface area contributed by atoms with E-state index in [-0.39, 0.29) is 5.97 Å². The van der Waals surface area contributed by atoms with Gasteiger partial charge in [0.25, 0.3) is 0 Å². The van der Waals surface area contributed by atoms with Crippen molar-refractivity contribution in [3.05, 3.63) is 84.5 Å². The first kappa shape index (κ1) is 22.0. The molecule has 158 valence electrons. The third kappa shape index (κ3) is 6.17. The van der Waals surface area contributed by atoms with Crippen LogP contribution in [0, 0.1) is 0 Å². The average molecular weight is 405 g/mol. The van der Waals surface area contributed by atoms with Gasteiger partial charge in [-0.05, 0) is 35.8 Å². The number of rotatable bonds is 11. The molecule has 2 aromatic rings. The molecular formula is C27H32O3. The molecule has 1 unspecified atom stereocenters. The molecule has 0 aliphatic heterocycles. The number of esters is 1. The maximum absolute atomic E-state index is 13.1. The van der Waals surface area contributed by atoms with Crippen LogP contribution in [0.3, 0.4) is 0 Å². The van der Waals surface area contributed by atoms with Crippen LogP contribution >= 0.6 is 0 Å². The second-order valence-corrected chi connectivity index (χ2v) is 7.77. The van der Waals surface area contributed by atoms with Crippen molar-refractivity contribution in [2.45, 2.75) is 57.5 Å². The van der Waals surface area contributed by atoms with Crippen molar-refractivity contribution in [2.75, 3.05) is 6.61 Å². The molecule has 0 aromatic heterocycles. The number of allylic oxidation sites excluding steroid dienone is 2. The highest BCUT2D eigenvalue weighted by atomic mass is 16.6. The molecule has 3 rings (SSSR count). The molecule has 1 atom stereocenters. The summed E-state index contributed by atoms with van der Waals surface area (Å²) in [6.07, 6.45) is 13.5. The summed E-state index contributed by atoms with van der Waals surface area (Å²) in [6, 6.07) is 19.4. The summed E-state index contributed by atoms with van der Waals surface area (Å²) < 4.78 is 11.9. The van der Waals surface area contributed by atoms with E-state index in [2.05, 4.69) is 25.1 Å². The van der Waals surface area contributed by atoms with E-state index in [1.165, 1.54) is 25.7 Å². The summed E-state index contributed by atoms with van der Waals surface area (Å²) in [5.74, 6) is 0.176. The Kier molecular flexibility index (Phi) is 8.46. The molecule has 1 aliphatic rings. The summed E-state index contributed by atoms with van der Waals surface area (Å²) >= 11 is 0. The number of ether oxygens (including phenoxy) is 2. The highest BCUT2D eigenvalue weighted by Crippen LogP contribution is 2.31. The van der Waals surface area contributed by atoms with E-state index in [1.807, 2.05) is 48.6 Å². The number of carbonyl (C=O) groups is 1. The summed E-state index contributed by atoms with van der Waals surface area (Å²) in [4.78, 5) is 13.1. The number of hydrogen-bond donors (Lipinski definition) is 0. The SMILES string of the molecule is CCCCCCCCOC1(C(=O)Oc2ccccc2)C=CC(c2ccccc2)=CC1. The third-order valence-electron chi connectivity index (χ3n) is 5.42. The molecule has 0 saturated heterocycles. The molecule has 30 heavy (non-hydrogen) atoms. The standard InChI is InChI=1S/C27H32O3/c1-2-3-4-5-6-13-22-29-27(26(28)30-25-16-11-8-12-17-25)20-18-24(19-21-27)23-14-9-7-10-15-23/h7-12,14-20H,2-6,13,21-22H2,1H3. The maximum Gasteiger partial charge on any atom is 0.348 e. The minimum atomic E-state index is -1.07.